The summed E-state index contributed by atoms with van der Waals surface area (Å²) < 4.78 is 8.36. The second-order valence-corrected chi connectivity index (χ2v) is 8.63. The molecular weight excluding hydrogens is 460 g/mol. The van der Waals surface area contributed by atoms with E-state index >= 15 is 0 Å². The van der Waals surface area contributed by atoms with Crippen LogP contribution in [0.25, 0.3) is 17.0 Å². The zero-order valence-electron chi connectivity index (χ0n) is 20.0. The zero-order chi connectivity index (χ0) is 25.2. The van der Waals surface area contributed by atoms with Crippen LogP contribution in [-0.4, -0.2) is 46.0 Å². The molecular formula is C25H24N8O3. The van der Waals surface area contributed by atoms with Gasteiger partial charge in [-0.05, 0) is 6.07 Å². The molecule has 4 aromatic heterocycles. The maximum atomic E-state index is 13.2. The minimum absolute atomic E-state index is 0.00868. The third-order valence-corrected chi connectivity index (χ3v) is 5.64. The molecule has 0 bridgehead atoms. The molecule has 1 N–H and O–H groups in total. The van der Waals surface area contributed by atoms with Crippen molar-refractivity contribution >= 4 is 17.5 Å². The topological polar surface area (TPSA) is 133 Å². The maximum absolute atomic E-state index is 13.2. The summed E-state index contributed by atoms with van der Waals surface area (Å²) in [6, 6.07) is 11.6. The molecule has 11 heteroatoms. The van der Waals surface area contributed by atoms with Crippen LogP contribution in [0.4, 0.5) is 0 Å². The zero-order valence-corrected chi connectivity index (χ0v) is 20.0. The van der Waals surface area contributed by atoms with E-state index in [2.05, 4.69) is 30.5 Å². The average molecular weight is 485 g/mol. The van der Waals surface area contributed by atoms with Crippen LogP contribution in [-0.2, 0) is 20.0 Å². The van der Waals surface area contributed by atoms with Gasteiger partial charge in [-0.15, -0.1) is 0 Å². The number of imidazole rings is 1. The van der Waals surface area contributed by atoms with Gasteiger partial charge in [-0.1, -0.05) is 49.3 Å². The summed E-state index contributed by atoms with van der Waals surface area (Å²) in [5.74, 6) is 0.708. The summed E-state index contributed by atoms with van der Waals surface area (Å²) in [7, 11) is 1.62. The normalized spacial score (nSPS) is 11.3. The summed E-state index contributed by atoms with van der Waals surface area (Å²) in [4.78, 5) is 39.4. The van der Waals surface area contributed by atoms with Crippen molar-refractivity contribution in [2.24, 2.45) is 7.05 Å². The highest BCUT2D eigenvalue weighted by Gasteiger charge is 2.23. The van der Waals surface area contributed by atoms with E-state index in [1.165, 1.54) is 10.9 Å². The highest BCUT2D eigenvalue weighted by atomic mass is 16.5. The fourth-order valence-electron chi connectivity index (χ4n) is 3.76. The van der Waals surface area contributed by atoms with E-state index in [1.807, 2.05) is 61.0 Å². The van der Waals surface area contributed by atoms with Gasteiger partial charge in [0.2, 0.25) is 11.7 Å². The second kappa shape index (κ2) is 9.53. The molecule has 1 aromatic carbocycles. The summed E-state index contributed by atoms with van der Waals surface area (Å²) in [5.41, 5.74) is 2.67. The van der Waals surface area contributed by atoms with Crippen molar-refractivity contribution in [1.29, 1.82) is 0 Å². The molecule has 0 spiro atoms. The van der Waals surface area contributed by atoms with Crippen molar-refractivity contribution in [2.45, 2.75) is 32.7 Å². The minimum Gasteiger partial charge on any atom is -0.343 e. The van der Waals surface area contributed by atoms with Gasteiger partial charge in [0.25, 0.3) is 5.91 Å². The number of carbonyl (C=O) groups is 2. The van der Waals surface area contributed by atoms with Crippen molar-refractivity contribution in [3.8, 4) is 11.3 Å². The van der Waals surface area contributed by atoms with Gasteiger partial charge in [0.15, 0.2) is 11.6 Å². The predicted octanol–water partition coefficient (Wildman–Crippen LogP) is 2.99. The van der Waals surface area contributed by atoms with Gasteiger partial charge in [0.05, 0.1) is 36.1 Å². The Hall–Kier alpha value is -4.67. The molecule has 0 saturated carbocycles. The van der Waals surface area contributed by atoms with Crippen LogP contribution in [0.3, 0.4) is 0 Å². The molecule has 11 nitrogen and oxygen atoms in total. The summed E-state index contributed by atoms with van der Waals surface area (Å²) in [6.07, 6.45) is 5.07. The third kappa shape index (κ3) is 4.63. The van der Waals surface area contributed by atoms with Crippen LogP contribution in [0.5, 0.6) is 0 Å². The van der Waals surface area contributed by atoms with Gasteiger partial charge in [-0.3, -0.25) is 18.7 Å². The van der Waals surface area contributed by atoms with E-state index < -0.39 is 5.91 Å². The number of fused-ring (bicyclic) bond motifs is 1. The van der Waals surface area contributed by atoms with Gasteiger partial charge < -0.3 is 9.84 Å². The van der Waals surface area contributed by atoms with Crippen LogP contribution in [0.15, 0.2) is 59.5 Å². The first kappa shape index (κ1) is 23.1. The van der Waals surface area contributed by atoms with Crippen molar-refractivity contribution in [3.05, 3.63) is 83.7 Å². The second-order valence-electron chi connectivity index (χ2n) is 8.63. The molecule has 5 aromatic rings. The van der Waals surface area contributed by atoms with Crippen LogP contribution in [0, 0.1) is 0 Å². The smallest absolute Gasteiger partial charge is 0.255 e. The molecule has 0 atom stereocenters. The van der Waals surface area contributed by atoms with E-state index in [1.54, 1.807) is 13.1 Å². The van der Waals surface area contributed by atoms with Gasteiger partial charge >= 0.3 is 0 Å². The standard InChI is InChI=1S/C25H24N8O3/c1-15(2)23-30-21(36-31-23)13-26-24(35)18-12-27-32(3)22(18)20(34)11-17-9-10-33-14-19(29-25(33)28-17)16-7-5-4-6-8-16/h4-10,12,14-15H,11,13H2,1-3H3,(H,26,35). The summed E-state index contributed by atoms with van der Waals surface area (Å²) >= 11 is 0. The number of carbonyl (C=O) groups excluding carboxylic acids is 2. The number of hydrogen-bond acceptors (Lipinski definition) is 8. The van der Waals surface area contributed by atoms with E-state index in [0.29, 0.717) is 17.3 Å². The largest absolute Gasteiger partial charge is 0.343 e. The number of benzene rings is 1. The molecule has 0 aliphatic rings. The molecule has 5 rings (SSSR count). The van der Waals surface area contributed by atoms with Gasteiger partial charge in [0.1, 0.15) is 5.69 Å². The lowest BCUT2D eigenvalue weighted by atomic mass is 10.1. The third-order valence-electron chi connectivity index (χ3n) is 5.64. The number of ketones is 1. The first-order chi connectivity index (χ1) is 17.4. The fraction of sp³-hybridized carbons (Fsp3) is 0.240. The summed E-state index contributed by atoms with van der Waals surface area (Å²) in [6.45, 7) is 3.94. The Kier molecular flexibility index (Phi) is 6.11. The highest BCUT2D eigenvalue weighted by Crippen LogP contribution is 2.19. The van der Waals surface area contributed by atoms with Crippen molar-refractivity contribution in [2.75, 3.05) is 0 Å². The lowest BCUT2D eigenvalue weighted by Gasteiger charge is -2.06. The molecule has 0 fully saturated rings. The molecule has 182 valence electrons. The molecule has 1 amide bonds. The summed E-state index contributed by atoms with van der Waals surface area (Å²) in [5, 5.41) is 10.7. The first-order valence-corrected chi connectivity index (χ1v) is 11.4. The Morgan fingerprint density at radius 1 is 1.08 bits per heavy atom. The number of Topliss-reactive ketones (excluding diaryl/α,β-unsaturated/α-hetero) is 1. The molecule has 36 heavy (non-hydrogen) atoms. The van der Waals surface area contributed by atoms with E-state index in [9.17, 15) is 9.59 Å². The van der Waals surface area contributed by atoms with E-state index in [4.69, 9.17) is 4.52 Å². The Balaban J connectivity index is 1.31. The number of aryl methyl sites for hydroxylation is 1. The van der Waals surface area contributed by atoms with Crippen LogP contribution >= 0.6 is 0 Å². The van der Waals surface area contributed by atoms with Gasteiger partial charge in [0, 0.05) is 30.9 Å². The molecule has 0 aliphatic carbocycles. The lowest BCUT2D eigenvalue weighted by Crippen LogP contribution is -2.25. The minimum atomic E-state index is -0.458. The van der Waals surface area contributed by atoms with Crippen LogP contribution in [0.1, 0.15) is 58.0 Å². The van der Waals surface area contributed by atoms with Crippen LogP contribution < -0.4 is 5.32 Å². The van der Waals surface area contributed by atoms with Crippen LogP contribution in [0.2, 0.25) is 0 Å². The Labute approximate surface area is 206 Å². The number of nitrogens with one attached hydrogen (secondary N) is 1. The van der Waals surface area contributed by atoms with Crippen molar-refractivity contribution in [3.63, 3.8) is 0 Å². The monoisotopic (exact) mass is 484 g/mol. The van der Waals surface area contributed by atoms with Gasteiger partial charge in [-0.25, -0.2) is 9.97 Å². The van der Waals surface area contributed by atoms with Gasteiger partial charge in [-0.2, -0.15) is 10.1 Å². The number of hydrogen-bond donors (Lipinski definition) is 1. The fourth-order valence-corrected chi connectivity index (χ4v) is 3.76. The molecule has 0 saturated heterocycles. The number of aromatic nitrogens is 7. The highest BCUT2D eigenvalue weighted by molar-refractivity contribution is 6.07. The van der Waals surface area contributed by atoms with E-state index in [0.717, 1.165) is 11.3 Å². The number of rotatable bonds is 8. The maximum Gasteiger partial charge on any atom is 0.255 e. The number of amides is 1. The molecule has 4 heterocycles. The van der Waals surface area contributed by atoms with Crippen molar-refractivity contribution in [1.82, 2.24) is 39.6 Å². The predicted molar refractivity (Wildman–Crippen MR) is 129 cm³/mol. The molecule has 0 aliphatic heterocycles. The average Bonchev–Trinajstić information content (AvgIpc) is 3.61. The Bertz CT molecular complexity index is 1550. The van der Waals surface area contributed by atoms with Crippen molar-refractivity contribution < 1.29 is 14.1 Å². The van der Waals surface area contributed by atoms with E-state index in [-0.39, 0.29) is 41.8 Å². The SMILES string of the molecule is CC(C)c1noc(CNC(=O)c2cnn(C)c2C(=O)Cc2ccn3cc(-c4ccccc4)nc3n2)n1. The quantitative estimate of drug-likeness (QED) is 0.332. The Morgan fingerprint density at radius 2 is 1.89 bits per heavy atom. The molecule has 0 radical (unpaired) electrons. The Morgan fingerprint density at radius 3 is 2.64 bits per heavy atom. The lowest BCUT2D eigenvalue weighted by molar-refractivity contribution is 0.0925. The molecule has 0 unspecified atom stereocenters. The number of nitrogens with zero attached hydrogens (tertiary/aromatic N) is 7. The first-order valence-electron chi connectivity index (χ1n) is 11.4.